The number of hydrogen-bond acceptors (Lipinski definition) is 4. The molecule has 0 unspecified atom stereocenters. The van der Waals surface area contributed by atoms with Gasteiger partial charge in [-0.15, -0.1) is 0 Å². The molecule has 0 saturated heterocycles. The molecule has 94 valence electrons. The van der Waals surface area contributed by atoms with Crippen LogP contribution in [0, 0.1) is 0 Å². The Morgan fingerprint density at radius 2 is 1.84 bits per heavy atom. The quantitative estimate of drug-likeness (QED) is 0.791. The summed E-state index contributed by atoms with van der Waals surface area (Å²) in [5.74, 6) is 0. The predicted molar refractivity (Wildman–Crippen MR) is 78.0 cm³/mol. The van der Waals surface area contributed by atoms with Crippen molar-refractivity contribution in [2.24, 2.45) is 5.73 Å². The molecule has 19 heavy (non-hydrogen) atoms. The van der Waals surface area contributed by atoms with Gasteiger partial charge in [-0.05, 0) is 23.8 Å². The van der Waals surface area contributed by atoms with Crippen LogP contribution in [0.5, 0.6) is 0 Å². The second kappa shape index (κ2) is 5.38. The van der Waals surface area contributed by atoms with E-state index >= 15 is 0 Å². The molecular formula is C15H13N3S. The third kappa shape index (κ3) is 2.45. The summed E-state index contributed by atoms with van der Waals surface area (Å²) in [7, 11) is 0. The Hall–Kier alpha value is -1.91. The Morgan fingerprint density at radius 3 is 2.63 bits per heavy atom. The first-order chi connectivity index (χ1) is 9.38. The maximum atomic E-state index is 5.82. The van der Waals surface area contributed by atoms with E-state index in [-0.39, 0.29) is 0 Å². The van der Waals surface area contributed by atoms with Gasteiger partial charge in [0.15, 0.2) is 0 Å². The van der Waals surface area contributed by atoms with E-state index in [9.17, 15) is 0 Å². The fraction of sp³-hybridized carbons (Fsp3) is 0.0667. The zero-order valence-corrected chi connectivity index (χ0v) is 11.1. The Balaban J connectivity index is 2.15. The van der Waals surface area contributed by atoms with Crippen LogP contribution in [0.3, 0.4) is 0 Å². The zero-order valence-electron chi connectivity index (χ0n) is 10.3. The first kappa shape index (κ1) is 12.1. The summed E-state index contributed by atoms with van der Waals surface area (Å²) in [4.78, 5) is 9.94. The van der Waals surface area contributed by atoms with Crippen molar-refractivity contribution in [2.75, 3.05) is 0 Å². The number of benzene rings is 1. The maximum Gasteiger partial charge on any atom is 0.101 e. The summed E-state index contributed by atoms with van der Waals surface area (Å²) in [6, 6.07) is 14.0. The van der Waals surface area contributed by atoms with Crippen LogP contribution < -0.4 is 5.73 Å². The largest absolute Gasteiger partial charge is 0.326 e. The van der Waals surface area contributed by atoms with E-state index in [1.807, 2.05) is 42.6 Å². The SMILES string of the molecule is NCc1cnc2ccccc2c1Sc1ccccn1. The fourth-order valence-electron chi connectivity index (χ4n) is 1.94. The van der Waals surface area contributed by atoms with Gasteiger partial charge in [0.2, 0.25) is 0 Å². The van der Waals surface area contributed by atoms with Crippen LogP contribution in [-0.4, -0.2) is 9.97 Å². The van der Waals surface area contributed by atoms with E-state index in [4.69, 9.17) is 5.73 Å². The Bertz CT molecular complexity index is 698. The molecular weight excluding hydrogens is 254 g/mol. The second-order valence-corrected chi connectivity index (χ2v) is 5.13. The van der Waals surface area contributed by atoms with Crippen LogP contribution in [0.2, 0.25) is 0 Å². The summed E-state index contributed by atoms with van der Waals surface area (Å²) >= 11 is 1.64. The molecule has 2 heterocycles. The van der Waals surface area contributed by atoms with Crippen LogP contribution in [0.1, 0.15) is 5.56 Å². The van der Waals surface area contributed by atoms with Crippen molar-refractivity contribution in [3.05, 3.63) is 60.4 Å². The molecule has 0 radical (unpaired) electrons. The molecule has 1 aromatic carbocycles. The minimum Gasteiger partial charge on any atom is -0.326 e. The number of fused-ring (bicyclic) bond motifs is 1. The van der Waals surface area contributed by atoms with Gasteiger partial charge in [0.05, 0.1) is 5.52 Å². The second-order valence-electron chi connectivity index (χ2n) is 4.10. The topological polar surface area (TPSA) is 51.8 Å². The summed E-state index contributed by atoms with van der Waals surface area (Å²) in [5.41, 5.74) is 7.86. The lowest BCUT2D eigenvalue weighted by Crippen LogP contribution is -2.00. The van der Waals surface area contributed by atoms with E-state index in [1.165, 1.54) is 0 Å². The molecule has 0 fully saturated rings. The number of hydrogen-bond donors (Lipinski definition) is 1. The van der Waals surface area contributed by atoms with Crippen molar-refractivity contribution < 1.29 is 0 Å². The van der Waals surface area contributed by atoms with Gasteiger partial charge in [-0.25, -0.2) is 4.98 Å². The lowest BCUT2D eigenvalue weighted by Gasteiger charge is -2.10. The maximum absolute atomic E-state index is 5.82. The number of nitrogens with two attached hydrogens (primary N) is 1. The molecule has 4 heteroatoms. The summed E-state index contributed by atoms with van der Waals surface area (Å²) < 4.78 is 0. The van der Waals surface area contributed by atoms with Crippen LogP contribution in [-0.2, 0) is 6.54 Å². The molecule has 0 aliphatic rings. The van der Waals surface area contributed by atoms with Crippen molar-refractivity contribution >= 4 is 22.7 Å². The normalized spacial score (nSPS) is 10.8. The minimum absolute atomic E-state index is 0.479. The van der Waals surface area contributed by atoms with Crippen molar-refractivity contribution in [1.82, 2.24) is 9.97 Å². The number of nitrogens with zero attached hydrogens (tertiary/aromatic N) is 2. The van der Waals surface area contributed by atoms with Crippen molar-refractivity contribution in [2.45, 2.75) is 16.5 Å². The zero-order chi connectivity index (χ0) is 13.1. The van der Waals surface area contributed by atoms with Gasteiger partial charge in [0.25, 0.3) is 0 Å². The molecule has 0 bridgehead atoms. The number of para-hydroxylation sites is 1. The van der Waals surface area contributed by atoms with E-state index < -0.39 is 0 Å². The average molecular weight is 267 g/mol. The van der Waals surface area contributed by atoms with E-state index in [0.717, 1.165) is 26.4 Å². The van der Waals surface area contributed by atoms with Gasteiger partial charge in [-0.2, -0.15) is 0 Å². The highest BCUT2D eigenvalue weighted by molar-refractivity contribution is 7.99. The van der Waals surface area contributed by atoms with Gasteiger partial charge in [0.1, 0.15) is 5.03 Å². The van der Waals surface area contributed by atoms with E-state index in [0.29, 0.717) is 6.54 Å². The minimum atomic E-state index is 0.479. The van der Waals surface area contributed by atoms with Crippen molar-refractivity contribution in [3.8, 4) is 0 Å². The van der Waals surface area contributed by atoms with Gasteiger partial charge < -0.3 is 5.73 Å². The van der Waals surface area contributed by atoms with E-state index in [1.54, 1.807) is 18.0 Å². The smallest absolute Gasteiger partial charge is 0.101 e. The summed E-state index contributed by atoms with van der Waals surface area (Å²) in [6.45, 7) is 0.479. The van der Waals surface area contributed by atoms with Gasteiger partial charge >= 0.3 is 0 Å². The van der Waals surface area contributed by atoms with Crippen molar-refractivity contribution in [1.29, 1.82) is 0 Å². The van der Waals surface area contributed by atoms with Gasteiger partial charge in [-0.3, -0.25) is 4.98 Å². The Kier molecular flexibility index (Phi) is 3.44. The molecule has 2 N–H and O–H groups in total. The number of aromatic nitrogens is 2. The molecule has 0 aliphatic carbocycles. The highest BCUT2D eigenvalue weighted by Crippen LogP contribution is 2.34. The lowest BCUT2D eigenvalue weighted by molar-refractivity contribution is 1.02. The standard InChI is InChI=1S/C15H13N3S/c16-9-11-10-18-13-6-2-1-5-12(13)15(11)19-14-7-3-4-8-17-14/h1-8,10H,9,16H2. The predicted octanol–water partition coefficient (Wildman–Crippen LogP) is 3.24. The molecule has 0 atom stereocenters. The molecule has 0 spiro atoms. The third-order valence-corrected chi connectivity index (χ3v) is 4.00. The average Bonchev–Trinajstić information content (AvgIpc) is 2.49. The number of rotatable bonds is 3. The first-order valence-electron chi connectivity index (χ1n) is 6.04. The molecule has 3 aromatic rings. The molecule has 3 nitrogen and oxygen atoms in total. The van der Waals surface area contributed by atoms with Crippen molar-refractivity contribution in [3.63, 3.8) is 0 Å². The van der Waals surface area contributed by atoms with Crippen LogP contribution in [0.25, 0.3) is 10.9 Å². The molecule has 0 aliphatic heterocycles. The van der Waals surface area contributed by atoms with Gasteiger partial charge in [0, 0.05) is 29.2 Å². The van der Waals surface area contributed by atoms with Crippen LogP contribution >= 0.6 is 11.8 Å². The van der Waals surface area contributed by atoms with Crippen LogP contribution in [0.4, 0.5) is 0 Å². The first-order valence-corrected chi connectivity index (χ1v) is 6.85. The van der Waals surface area contributed by atoms with Crippen LogP contribution in [0.15, 0.2) is 64.8 Å². The molecule has 0 amide bonds. The summed E-state index contributed by atoms with van der Waals surface area (Å²) in [5, 5.41) is 2.09. The lowest BCUT2D eigenvalue weighted by atomic mass is 10.1. The van der Waals surface area contributed by atoms with E-state index in [2.05, 4.69) is 16.0 Å². The Morgan fingerprint density at radius 1 is 1.00 bits per heavy atom. The fourth-order valence-corrected chi connectivity index (χ4v) is 2.95. The monoisotopic (exact) mass is 267 g/mol. The molecule has 2 aromatic heterocycles. The van der Waals surface area contributed by atoms with Gasteiger partial charge in [-0.1, -0.05) is 36.0 Å². The molecule has 3 rings (SSSR count). The summed E-state index contributed by atoms with van der Waals surface area (Å²) in [6.07, 6.45) is 3.65. The Labute approximate surface area is 115 Å². The molecule has 0 saturated carbocycles. The highest BCUT2D eigenvalue weighted by Gasteiger charge is 2.09. The number of pyridine rings is 2. The third-order valence-electron chi connectivity index (χ3n) is 2.86. The highest BCUT2D eigenvalue weighted by atomic mass is 32.2.